The smallest absolute Gasteiger partial charge is 0.131 e. The zero-order valence-electron chi connectivity index (χ0n) is 13.0. The molecule has 1 heterocycles. The molecular formula is C16H22BrN3O. The van der Waals surface area contributed by atoms with Crippen molar-refractivity contribution in [2.45, 2.75) is 32.9 Å². The van der Waals surface area contributed by atoms with Gasteiger partial charge >= 0.3 is 0 Å². The van der Waals surface area contributed by atoms with E-state index in [0.29, 0.717) is 12.6 Å². The highest BCUT2D eigenvalue weighted by atomic mass is 79.9. The Kier molecular flexibility index (Phi) is 5.42. The summed E-state index contributed by atoms with van der Waals surface area (Å²) in [5.74, 6) is 0.876. The summed E-state index contributed by atoms with van der Waals surface area (Å²) in [7, 11) is 3.90. The average Bonchev–Trinajstić information content (AvgIpc) is 2.78. The fourth-order valence-corrected chi connectivity index (χ4v) is 2.90. The Morgan fingerprint density at radius 3 is 2.81 bits per heavy atom. The lowest BCUT2D eigenvalue weighted by Crippen LogP contribution is -2.12. The molecule has 21 heavy (non-hydrogen) atoms. The first-order chi connectivity index (χ1) is 10.1. The third-order valence-corrected chi connectivity index (χ3v) is 4.58. The normalized spacial score (nSPS) is 12.4. The van der Waals surface area contributed by atoms with Gasteiger partial charge in [-0.05, 0) is 54.0 Å². The predicted molar refractivity (Wildman–Crippen MR) is 88.5 cm³/mol. The molecule has 1 aromatic heterocycles. The Balaban J connectivity index is 2.11. The Labute approximate surface area is 134 Å². The van der Waals surface area contributed by atoms with E-state index < -0.39 is 0 Å². The summed E-state index contributed by atoms with van der Waals surface area (Å²) >= 11 is 3.61. The van der Waals surface area contributed by atoms with Crippen molar-refractivity contribution in [2.24, 2.45) is 7.05 Å². The quantitative estimate of drug-likeness (QED) is 0.863. The molecule has 0 saturated heterocycles. The fraction of sp³-hybridized carbons (Fsp3) is 0.438. The summed E-state index contributed by atoms with van der Waals surface area (Å²) in [5, 5.41) is 7.71. The lowest BCUT2D eigenvalue weighted by Gasteiger charge is -2.13. The van der Waals surface area contributed by atoms with E-state index in [1.165, 1.54) is 5.56 Å². The highest BCUT2D eigenvalue weighted by Crippen LogP contribution is 2.24. The summed E-state index contributed by atoms with van der Waals surface area (Å²) in [6.45, 7) is 4.73. The number of hydrogen-bond donors (Lipinski definition) is 1. The molecule has 2 aromatic rings. The summed E-state index contributed by atoms with van der Waals surface area (Å²) in [4.78, 5) is 0. The van der Waals surface area contributed by atoms with E-state index in [-0.39, 0.29) is 0 Å². The minimum absolute atomic E-state index is 0.309. The van der Waals surface area contributed by atoms with E-state index in [9.17, 15) is 0 Å². The van der Waals surface area contributed by atoms with Gasteiger partial charge in [0, 0.05) is 13.1 Å². The highest BCUT2D eigenvalue weighted by molar-refractivity contribution is 9.10. The van der Waals surface area contributed by atoms with Crippen LogP contribution in [0.1, 0.15) is 36.8 Å². The molecule has 1 N–H and O–H groups in total. The van der Waals surface area contributed by atoms with Crippen molar-refractivity contribution in [1.82, 2.24) is 15.1 Å². The topological polar surface area (TPSA) is 39.1 Å². The Hall–Kier alpha value is -1.33. The largest absolute Gasteiger partial charge is 0.487 e. The van der Waals surface area contributed by atoms with Crippen molar-refractivity contribution < 1.29 is 4.74 Å². The van der Waals surface area contributed by atoms with Crippen LogP contribution in [0.4, 0.5) is 0 Å². The number of ether oxygens (including phenoxy) is 1. The van der Waals surface area contributed by atoms with Gasteiger partial charge in [-0.2, -0.15) is 5.10 Å². The van der Waals surface area contributed by atoms with Gasteiger partial charge in [0.05, 0.1) is 15.9 Å². The van der Waals surface area contributed by atoms with Gasteiger partial charge in [-0.3, -0.25) is 4.68 Å². The van der Waals surface area contributed by atoms with Gasteiger partial charge in [0.15, 0.2) is 0 Å². The number of aromatic nitrogens is 2. The summed E-state index contributed by atoms with van der Waals surface area (Å²) in [6, 6.07) is 8.49. The SMILES string of the molecule is CCc1nn(C)c(COc2cccc(C(C)NC)c2)c1Br. The first kappa shape index (κ1) is 16.0. The zero-order chi connectivity index (χ0) is 15.4. The van der Waals surface area contributed by atoms with Gasteiger partial charge in [0.2, 0.25) is 0 Å². The van der Waals surface area contributed by atoms with Crippen LogP contribution in [0, 0.1) is 0 Å². The molecule has 0 aliphatic heterocycles. The second-order valence-electron chi connectivity index (χ2n) is 5.06. The Morgan fingerprint density at radius 1 is 1.43 bits per heavy atom. The van der Waals surface area contributed by atoms with Crippen molar-refractivity contribution in [3.63, 3.8) is 0 Å². The predicted octanol–water partition coefficient (Wildman–Crippen LogP) is 3.60. The molecule has 0 saturated carbocycles. The van der Waals surface area contributed by atoms with Crippen molar-refractivity contribution in [2.75, 3.05) is 7.05 Å². The van der Waals surface area contributed by atoms with Gasteiger partial charge in [0.1, 0.15) is 12.4 Å². The lowest BCUT2D eigenvalue weighted by atomic mass is 10.1. The second-order valence-corrected chi connectivity index (χ2v) is 5.85. The molecule has 5 heteroatoms. The molecular weight excluding hydrogens is 330 g/mol. The van der Waals surface area contributed by atoms with Gasteiger partial charge in [-0.1, -0.05) is 19.1 Å². The first-order valence-corrected chi connectivity index (χ1v) is 7.96. The number of nitrogens with one attached hydrogen (secondary N) is 1. The van der Waals surface area contributed by atoms with Crippen LogP contribution in [-0.2, 0) is 20.1 Å². The summed E-state index contributed by atoms with van der Waals surface area (Å²) in [5.41, 5.74) is 3.33. The van der Waals surface area contributed by atoms with Crippen LogP contribution >= 0.6 is 15.9 Å². The summed E-state index contributed by atoms with van der Waals surface area (Å²) in [6.07, 6.45) is 0.906. The van der Waals surface area contributed by atoms with Gasteiger partial charge in [-0.15, -0.1) is 0 Å². The lowest BCUT2D eigenvalue weighted by molar-refractivity contribution is 0.293. The molecule has 2 rings (SSSR count). The first-order valence-electron chi connectivity index (χ1n) is 7.17. The number of rotatable bonds is 6. The molecule has 0 radical (unpaired) electrons. The molecule has 1 aromatic carbocycles. The van der Waals surface area contributed by atoms with Crippen LogP contribution in [0.15, 0.2) is 28.7 Å². The van der Waals surface area contributed by atoms with Crippen molar-refractivity contribution in [3.05, 3.63) is 45.7 Å². The van der Waals surface area contributed by atoms with Crippen molar-refractivity contribution in [1.29, 1.82) is 0 Å². The standard InChI is InChI=1S/C16H22BrN3O/c1-5-14-16(17)15(20(4)19-14)10-21-13-8-6-7-12(9-13)11(2)18-3/h6-9,11,18H,5,10H2,1-4H3. The van der Waals surface area contributed by atoms with E-state index in [0.717, 1.165) is 28.0 Å². The maximum absolute atomic E-state index is 5.93. The van der Waals surface area contributed by atoms with E-state index in [2.05, 4.69) is 52.3 Å². The van der Waals surface area contributed by atoms with Gasteiger partial charge in [0.25, 0.3) is 0 Å². The van der Waals surface area contributed by atoms with Crippen LogP contribution < -0.4 is 10.1 Å². The number of nitrogens with zero attached hydrogens (tertiary/aromatic N) is 2. The summed E-state index contributed by atoms with van der Waals surface area (Å²) < 4.78 is 8.85. The average molecular weight is 352 g/mol. The van der Waals surface area contributed by atoms with Crippen molar-refractivity contribution >= 4 is 15.9 Å². The van der Waals surface area contributed by atoms with Crippen LogP contribution in [0.3, 0.4) is 0 Å². The molecule has 0 fully saturated rings. The van der Waals surface area contributed by atoms with E-state index >= 15 is 0 Å². The molecule has 0 aliphatic rings. The van der Waals surface area contributed by atoms with Gasteiger partial charge < -0.3 is 10.1 Å². The molecule has 0 spiro atoms. The van der Waals surface area contributed by atoms with E-state index in [1.807, 2.05) is 30.9 Å². The minimum Gasteiger partial charge on any atom is -0.487 e. The second kappa shape index (κ2) is 7.09. The highest BCUT2D eigenvalue weighted by Gasteiger charge is 2.13. The maximum atomic E-state index is 5.93. The molecule has 1 atom stereocenters. The molecule has 114 valence electrons. The van der Waals surface area contributed by atoms with Crippen molar-refractivity contribution in [3.8, 4) is 5.75 Å². The molecule has 1 unspecified atom stereocenters. The number of benzene rings is 1. The van der Waals surface area contributed by atoms with Crippen LogP contribution in [0.2, 0.25) is 0 Å². The number of halogens is 1. The van der Waals surface area contributed by atoms with Crippen LogP contribution in [0.25, 0.3) is 0 Å². The Morgan fingerprint density at radius 2 is 2.19 bits per heavy atom. The minimum atomic E-state index is 0.309. The molecule has 0 aliphatic carbocycles. The third kappa shape index (κ3) is 3.66. The number of aryl methyl sites for hydroxylation is 2. The monoisotopic (exact) mass is 351 g/mol. The number of hydrogen-bond acceptors (Lipinski definition) is 3. The zero-order valence-corrected chi connectivity index (χ0v) is 14.6. The molecule has 0 amide bonds. The fourth-order valence-electron chi connectivity index (χ4n) is 2.17. The Bertz CT molecular complexity index is 610. The van der Waals surface area contributed by atoms with E-state index in [1.54, 1.807) is 0 Å². The van der Waals surface area contributed by atoms with E-state index in [4.69, 9.17) is 4.74 Å². The molecule has 0 bridgehead atoms. The maximum Gasteiger partial charge on any atom is 0.131 e. The molecule has 4 nitrogen and oxygen atoms in total. The van der Waals surface area contributed by atoms with Gasteiger partial charge in [-0.25, -0.2) is 0 Å². The van der Waals surface area contributed by atoms with Crippen LogP contribution in [0.5, 0.6) is 5.75 Å². The third-order valence-electron chi connectivity index (χ3n) is 3.67. The van der Waals surface area contributed by atoms with Crippen LogP contribution in [-0.4, -0.2) is 16.8 Å².